The number of carbonyl (C=O) groups excluding carboxylic acids is 3. The Morgan fingerprint density at radius 2 is 1.70 bits per heavy atom. The lowest BCUT2D eigenvalue weighted by molar-refractivity contribution is -0.128. The molecule has 1 aromatic carbocycles. The van der Waals surface area contributed by atoms with Crippen LogP contribution in [0.5, 0.6) is 0 Å². The molecule has 5 N–H and O–H groups in total. The maximum absolute atomic E-state index is 12.4. The zero-order valence-corrected chi connectivity index (χ0v) is 19.3. The third-order valence-electron chi connectivity index (χ3n) is 4.80. The van der Waals surface area contributed by atoms with Gasteiger partial charge < -0.3 is 26.6 Å². The largest absolute Gasteiger partial charge is 0.371 e. The van der Waals surface area contributed by atoms with Gasteiger partial charge in [0.25, 0.3) is 0 Å². The predicted molar refractivity (Wildman–Crippen MR) is 124 cm³/mol. The fourth-order valence-corrected chi connectivity index (χ4v) is 2.95. The predicted octanol–water partition coefficient (Wildman–Crippen LogP) is 1.67. The van der Waals surface area contributed by atoms with Gasteiger partial charge in [-0.2, -0.15) is 0 Å². The Hall–Kier alpha value is -2.03. The van der Waals surface area contributed by atoms with E-state index in [0.717, 1.165) is 18.8 Å². The SMILES string of the molecule is CC(NC(=O)CNC(=O)[C@@H](N)C(C)C)C(=O)Nc1cccc(N2CCCC2)c1.Cl.Cl. The van der Waals surface area contributed by atoms with Crippen molar-refractivity contribution >= 4 is 53.9 Å². The van der Waals surface area contributed by atoms with Gasteiger partial charge in [-0.3, -0.25) is 14.4 Å². The normalized spacial score (nSPS) is 14.8. The number of nitrogens with one attached hydrogen (secondary N) is 3. The number of rotatable bonds is 8. The molecule has 0 aliphatic carbocycles. The standard InChI is InChI=1S/C20H31N5O3.2ClH/c1-13(2)18(21)20(28)22-12-17(26)23-14(3)19(27)24-15-7-6-8-16(11-15)25-9-4-5-10-25;;/h6-8,11,13-14,18H,4-5,9-10,12,21H2,1-3H3,(H,22,28)(H,23,26)(H,24,27);2*1H/t14?,18-;;/m0../s1. The molecule has 0 spiro atoms. The number of carbonyl (C=O) groups is 3. The summed E-state index contributed by atoms with van der Waals surface area (Å²) in [6, 6.07) is 6.27. The highest BCUT2D eigenvalue weighted by atomic mass is 35.5. The van der Waals surface area contributed by atoms with Crippen molar-refractivity contribution in [1.29, 1.82) is 0 Å². The molecule has 1 aliphatic heterocycles. The summed E-state index contributed by atoms with van der Waals surface area (Å²) >= 11 is 0. The smallest absolute Gasteiger partial charge is 0.246 e. The Morgan fingerprint density at radius 1 is 1.07 bits per heavy atom. The van der Waals surface area contributed by atoms with Gasteiger partial charge in [0.2, 0.25) is 17.7 Å². The minimum absolute atomic E-state index is 0. The quantitative estimate of drug-likeness (QED) is 0.469. The van der Waals surface area contributed by atoms with E-state index in [9.17, 15) is 14.4 Å². The second-order valence-corrected chi connectivity index (χ2v) is 7.51. The monoisotopic (exact) mass is 461 g/mol. The van der Waals surface area contributed by atoms with Crippen molar-refractivity contribution < 1.29 is 14.4 Å². The van der Waals surface area contributed by atoms with Crippen LogP contribution in [0, 0.1) is 5.92 Å². The molecule has 1 aliphatic rings. The minimum atomic E-state index is -0.737. The third kappa shape index (κ3) is 8.38. The fraction of sp³-hybridized carbons (Fsp3) is 0.550. The highest BCUT2D eigenvalue weighted by molar-refractivity contribution is 5.98. The summed E-state index contributed by atoms with van der Waals surface area (Å²) in [4.78, 5) is 38.4. The van der Waals surface area contributed by atoms with E-state index in [2.05, 4.69) is 20.9 Å². The summed E-state index contributed by atoms with van der Waals surface area (Å²) < 4.78 is 0. The van der Waals surface area contributed by atoms with Gasteiger partial charge in [0.05, 0.1) is 12.6 Å². The Balaban J connectivity index is 0.00000420. The van der Waals surface area contributed by atoms with Gasteiger partial charge in [0, 0.05) is 24.5 Å². The molecule has 0 bridgehead atoms. The van der Waals surface area contributed by atoms with E-state index in [1.165, 1.54) is 12.8 Å². The maximum atomic E-state index is 12.4. The van der Waals surface area contributed by atoms with Crippen LogP contribution in [0.4, 0.5) is 11.4 Å². The van der Waals surface area contributed by atoms with E-state index in [4.69, 9.17) is 5.73 Å². The molecule has 0 aromatic heterocycles. The van der Waals surface area contributed by atoms with Gasteiger partial charge in [0.1, 0.15) is 6.04 Å². The molecule has 8 nitrogen and oxygen atoms in total. The summed E-state index contributed by atoms with van der Waals surface area (Å²) in [6.45, 7) is 7.08. The number of hydrogen-bond acceptors (Lipinski definition) is 5. The second kappa shape index (κ2) is 13.3. The molecule has 3 amide bonds. The second-order valence-electron chi connectivity index (χ2n) is 7.51. The molecule has 1 unspecified atom stereocenters. The Labute approximate surface area is 190 Å². The van der Waals surface area contributed by atoms with Gasteiger partial charge in [0.15, 0.2) is 0 Å². The van der Waals surface area contributed by atoms with E-state index in [1.54, 1.807) is 6.92 Å². The number of anilines is 2. The fourth-order valence-electron chi connectivity index (χ4n) is 2.95. The van der Waals surface area contributed by atoms with E-state index in [0.29, 0.717) is 5.69 Å². The van der Waals surface area contributed by atoms with Crippen LogP contribution in [0.1, 0.15) is 33.6 Å². The molecule has 2 atom stereocenters. The molecule has 1 aromatic rings. The van der Waals surface area contributed by atoms with Crippen LogP contribution in [0.2, 0.25) is 0 Å². The van der Waals surface area contributed by atoms with Gasteiger partial charge in [-0.05, 0) is 43.9 Å². The molecule has 0 radical (unpaired) electrons. The lowest BCUT2D eigenvalue weighted by Gasteiger charge is -2.19. The number of hydrogen-bond donors (Lipinski definition) is 4. The van der Waals surface area contributed by atoms with E-state index in [-0.39, 0.29) is 49.1 Å². The number of amides is 3. The molecule has 1 fully saturated rings. The van der Waals surface area contributed by atoms with Crippen LogP contribution in [0.15, 0.2) is 24.3 Å². The molecule has 1 heterocycles. The Kier molecular flexibility index (Phi) is 12.4. The first-order chi connectivity index (χ1) is 13.3. The van der Waals surface area contributed by atoms with Gasteiger partial charge in [-0.25, -0.2) is 0 Å². The molecular weight excluding hydrogens is 429 g/mol. The first-order valence-corrected chi connectivity index (χ1v) is 9.76. The number of halogens is 2. The summed E-state index contributed by atoms with van der Waals surface area (Å²) in [7, 11) is 0. The first kappa shape index (κ1) is 28.0. The lowest BCUT2D eigenvalue weighted by Crippen LogP contribution is -2.49. The summed E-state index contributed by atoms with van der Waals surface area (Å²) in [5.41, 5.74) is 7.49. The highest BCUT2D eigenvalue weighted by Gasteiger charge is 2.20. The topological polar surface area (TPSA) is 117 Å². The molecule has 30 heavy (non-hydrogen) atoms. The maximum Gasteiger partial charge on any atom is 0.246 e. The van der Waals surface area contributed by atoms with Crippen molar-refractivity contribution in [3.8, 4) is 0 Å². The zero-order valence-electron chi connectivity index (χ0n) is 17.6. The Morgan fingerprint density at radius 3 is 2.30 bits per heavy atom. The molecule has 0 saturated carbocycles. The average molecular weight is 462 g/mol. The van der Waals surface area contributed by atoms with Gasteiger partial charge >= 0.3 is 0 Å². The van der Waals surface area contributed by atoms with Crippen LogP contribution >= 0.6 is 24.8 Å². The third-order valence-corrected chi connectivity index (χ3v) is 4.80. The summed E-state index contributed by atoms with van der Waals surface area (Å²) in [5, 5.41) is 7.88. The summed E-state index contributed by atoms with van der Waals surface area (Å²) in [6.07, 6.45) is 2.36. The number of nitrogens with two attached hydrogens (primary N) is 1. The number of nitrogens with zero attached hydrogens (tertiary/aromatic N) is 1. The van der Waals surface area contributed by atoms with E-state index < -0.39 is 18.0 Å². The molecule has 1 saturated heterocycles. The minimum Gasteiger partial charge on any atom is -0.371 e. The average Bonchev–Trinajstić information content (AvgIpc) is 3.20. The van der Waals surface area contributed by atoms with Crippen LogP contribution in [-0.2, 0) is 14.4 Å². The number of benzene rings is 1. The van der Waals surface area contributed by atoms with Crippen molar-refractivity contribution in [3.05, 3.63) is 24.3 Å². The van der Waals surface area contributed by atoms with Gasteiger partial charge in [-0.15, -0.1) is 24.8 Å². The Bertz CT molecular complexity index is 711. The first-order valence-electron chi connectivity index (χ1n) is 9.76. The van der Waals surface area contributed by atoms with E-state index >= 15 is 0 Å². The molecular formula is C20H33Cl2N5O3. The van der Waals surface area contributed by atoms with Crippen LogP contribution in [0.25, 0.3) is 0 Å². The van der Waals surface area contributed by atoms with Crippen LogP contribution < -0.4 is 26.6 Å². The molecule has 170 valence electrons. The summed E-state index contributed by atoms with van der Waals surface area (Å²) in [5.74, 6) is -1.18. The zero-order chi connectivity index (χ0) is 20.7. The van der Waals surface area contributed by atoms with Crippen LogP contribution in [-0.4, -0.2) is 49.4 Å². The van der Waals surface area contributed by atoms with Crippen molar-refractivity contribution in [2.75, 3.05) is 29.9 Å². The van der Waals surface area contributed by atoms with E-state index in [1.807, 2.05) is 38.1 Å². The van der Waals surface area contributed by atoms with Crippen molar-refractivity contribution in [2.45, 2.75) is 45.7 Å². The van der Waals surface area contributed by atoms with Crippen molar-refractivity contribution in [3.63, 3.8) is 0 Å². The highest BCUT2D eigenvalue weighted by Crippen LogP contribution is 2.23. The lowest BCUT2D eigenvalue weighted by atomic mass is 10.1. The molecule has 2 rings (SSSR count). The molecule has 10 heteroatoms. The van der Waals surface area contributed by atoms with Crippen molar-refractivity contribution in [1.82, 2.24) is 10.6 Å². The van der Waals surface area contributed by atoms with Crippen LogP contribution in [0.3, 0.4) is 0 Å². The van der Waals surface area contributed by atoms with Crippen molar-refractivity contribution in [2.24, 2.45) is 11.7 Å². The van der Waals surface area contributed by atoms with Gasteiger partial charge in [-0.1, -0.05) is 19.9 Å².